The van der Waals surface area contributed by atoms with Crippen LogP contribution in [-0.2, 0) is 4.74 Å². The number of rotatable bonds is 1. The van der Waals surface area contributed by atoms with E-state index in [1.165, 1.54) is 22.3 Å². The molecule has 1 saturated heterocycles. The third-order valence-electron chi connectivity index (χ3n) is 3.65. The van der Waals surface area contributed by atoms with Gasteiger partial charge in [0, 0.05) is 5.41 Å². The lowest BCUT2D eigenvalue weighted by Gasteiger charge is -2.40. The molecule has 3 heteroatoms. The highest BCUT2D eigenvalue weighted by Gasteiger charge is 2.39. The van der Waals surface area contributed by atoms with Crippen molar-refractivity contribution in [1.29, 1.82) is 0 Å². The number of nitrogens with one attached hydrogen (secondary N) is 1. The van der Waals surface area contributed by atoms with Crippen LogP contribution in [0.2, 0.25) is 0 Å². The fourth-order valence-corrected chi connectivity index (χ4v) is 2.80. The molecule has 1 amide bonds. The Hall–Kier alpha value is -1.51. The molecule has 18 heavy (non-hydrogen) atoms. The average molecular weight is 247 g/mol. The molecule has 0 aromatic heterocycles. The van der Waals surface area contributed by atoms with Crippen molar-refractivity contribution in [2.45, 2.75) is 40.7 Å². The van der Waals surface area contributed by atoms with Crippen molar-refractivity contribution in [3.05, 3.63) is 34.4 Å². The number of amides is 1. The maximum atomic E-state index is 11.5. The van der Waals surface area contributed by atoms with E-state index in [4.69, 9.17) is 4.74 Å². The summed E-state index contributed by atoms with van der Waals surface area (Å²) in [6.07, 6.45) is -0.321. The van der Waals surface area contributed by atoms with Gasteiger partial charge < -0.3 is 10.1 Å². The maximum absolute atomic E-state index is 11.5. The average Bonchev–Trinajstić information content (AvgIpc) is 2.22. The Labute approximate surface area is 109 Å². The number of carbonyl (C=O) groups is 1. The largest absolute Gasteiger partial charge is 0.449 e. The number of carbonyl (C=O) groups excluding carboxylic acids is 1. The van der Waals surface area contributed by atoms with Gasteiger partial charge in [-0.3, -0.25) is 0 Å². The molecule has 1 heterocycles. The molecule has 0 spiro atoms. The Morgan fingerprint density at radius 2 is 1.78 bits per heavy atom. The fraction of sp³-hybridized carbons (Fsp3) is 0.533. The minimum atomic E-state index is -0.321. The monoisotopic (exact) mass is 247 g/mol. The molecule has 1 N–H and O–H groups in total. The van der Waals surface area contributed by atoms with E-state index >= 15 is 0 Å². The van der Waals surface area contributed by atoms with Crippen molar-refractivity contribution in [1.82, 2.24) is 5.32 Å². The van der Waals surface area contributed by atoms with E-state index in [1.54, 1.807) is 0 Å². The minimum Gasteiger partial charge on any atom is -0.449 e. The van der Waals surface area contributed by atoms with Gasteiger partial charge in [0.15, 0.2) is 0 Å². The maximum Gasteiger partial charge on any atom is 0.407 e. The number of hydrogen-bond donors (Lipinski definition) is 1. The summed E-state index contributed by atoms with van der Waals surface area (Å²) >= 11 is 0. The molecule has 1 aliphatic heterocycles. The van der Waals surface area contributed by atoms with Gasteiger partial charge in [0.2, 0.25) is 0 Å². The van der Waals surface area contributed by atoms with Gasteiger partial charge in [-0.15, -0.1) is 0 Å². The lowest BCUT2D eigenvalue weighted by molar-refractivity contribution is 0.0384. The van der Waals surface area contributed by atoms with Crippen LogP contribution in [-0.4, -0.2) is 12.7 Å². The molecule has 0 aliphatic carbocycles. The fourth-order valence-electron chi connectivity index (χ4n) is 2.80. The highest BCUT2D eigenvalue weighted by molar-refractivity contribution is 5.69. The van der Waals surface area contributed by atoms with Crippen LogP contribution in [0, 0.1) is 26.2 Å². The number of cyclic esters (lactones) is 1. The van der Waals surface area contributed by atoms with Gasteiger partial charge in [0.1, 0.15) is 6.61 Å². The second-order valence-electron chi connectivity index (χ2n) is 5.95. The summed E-state index contributed by atoms with van der Waals surface area (Å²) in [5.41, 5.74) is 4.84. The van der Waals surface area contributed by atoms with Gasteiger partial charge >= 0.3 is 6.09 Å². The third kappa shape index (κ3) is 2.22. The van der Waals surface area contributed by atoms with Gasteiger partial charge in [-0.1, -0.05) is 31.5 Å². The summed E-state index contributed by atoms with van der Waals surface area (Å²) in [4.78, 5) is 11.5. The standard InChI is InChI=1S/C15H21NO2/c1-9-6-10(2)12(11(3)7-9)13-15(4,5)8-18-14(17)16-13/h6-7,13H,8H2,1-5H3,(H,16,17)/t13-/m0/s1. The van der Waals surface area contributed by atoms with Gasteiger partial charge in [-0.05, 0) is 37.5 Å². The van der Waals surface area contributed by atoms with E-state index in [0.717, 1.165) is 0 Å². The van der Waals surface area contributed by atoms with E-state index in [2.05, 4.69) is 52.1 Å². The zero-order chi connectivity index (χ0) is 13.5. The molecule has 0 radical (unpaired) electrons. The van der Waals surface area contributed by atoms with E-state index in [-0.39, 0.29) is 17.6 Å². The van der Waals surface area contributed by atoms with E-state index < -0.39 is 0 Å². The molecule has 1 atom stereocenters. The molecule has 1 aromatic rings. The Morgan fingerprint density at radius 3 is 2.33 bits per heavy atom. The zero-order valence-electron chi connectivity index (χ0n) is 11.8. The van der Waals surface area contributed by atoms with Gasteiger partial charge in [0.25, 0.3) is 0 Å². The van der Waals surface area contributed by atoms with Crippen LogP contribution in [0.25, 0.3) is 0 Å². The number of hydrogen-bond acceptors (Lipinski definition) is 2. The first-order valence-corrected chi connectivity index (χ1v) is 6.32. The quantitative estimate of drug-likeness (QED) is 0.825. The zero-order valence-corrected chi connectivity index (χ0v) is 11.8. The Morgan fingerprint density at radius 1 is 1.22 bits per heavy atom. The first-order valence-electron chi connectivity index (χ1n) is 6.32. The molecular formula is C15H21NO2. The smallest absolute Gasteiger partial charge is 0.407 e. The van der Waals surface area contributed by atoms with Crippen molar-refractivity contribution in [3.8, 4) is 0 Å². The highest BCUT2D eigenvalue weighted by Crippen LogP contribution is 2.39. The molecular weight excluding hydrogens is 226 g/mol. The van der Waals surface area contributed by atoms with Crippen LogP contribution < -0.4 is 5.32 Å². The first-order chi connectivity index (χ1) is 8.31. The van der Waals surface area contributed by atoms with Crippen LogP contribution in [0.1, 0.15) is 42.1 Å². The minimum absolute atomic E-state index is 0.0133. The third-order valence-corrected chi connectivity index (χ3v) is 3.65. The number of aryl methyl sites for hydroxylation is 3. The molecule has 98 valence electrons. The molecule has 1 aromatic carbocycles. The van der Waals surface area contributed by atoms with E-state index in [0.29, 0.717) is 6.61 Å². The predicted octanol–water partition coefficient (Wildman–Crippen LogP) is 3.42. The number of alkyl carbamates (subject to hydrolysis) is 1. The Balaban J connectivity index is 2.49. The summed E-state index contributed by atoms with van der Waals surface area (Å²) in [7, 11) is 0. The van der Waals surface area contributed by atoms with Gasteiger partial charge in [0.05, 0.1) is 6.04 Å². The van der Waals surface area contributed by atoms with Crippen molar-refractivity contribution >= 4 is 6.09 Å². The summed E-state index contributed by atoms with van der Waals surface area (Å²) < 4.78 is 5.10. The van der Waals surface area contributed by atoms with Crippen LogP contribution in [0.15, 0.2) is 12.1 Å². The Bertz CT molecular complexity index is 468. The van der Waals surface area contributed by atoms with Gasteiger partial charge in [-0.25, -0.2) is 4.79 Å². The van der Waals surface area contributed by atoms with Crippen LogP contribution in [0.4, 0.5) is 4.79 Å². The summed E-state index contributed by atoms with van der Waals surface area (Å²) in [5.74, 6) is 0. The highest BCUT2D eigenvalue weighted by atomic mass is 16.6. The van der Waals surface area contributed by atoms with Crippen molar-refractivity contribution in [3.63, 3.8) is 0 Å². The predicted molar refractivity (Wildman–Crippen MR) is 71.7 cm³/mol. The summed E-state index contributed by atoms with van der Waals surface area (Å²) in [5, 5.41) is 2.96. The first kappa shape index (κ1) is 12.9. The van der Waals surface area contributed by atoms with Crippen LogP contribution in [0.5, 0.6) is 0 Å². The lowest BCUT2D eigenvalue weighted by atomic mass is 9.77. The van der Waals surface area contributed by atoms with Crippen molar-refractivity contribution in [2.75, 3.05) is 6.61 Å². The summed E-state index contributed by atoms with van der Waals surface area (Å²) in [6, 6.07) is 4.35. The lowest BCUT2D eigenvalue weighted by Crippen LogP contribution is -2.47. The molecule has 1 fully saturated rings. The van der Waals surface area contributed by atoms with E-state index in [1.807, 2.05) is 0 Å². The Kier molecular flexibility index (Phi) is 3.09. The molecule has 1 aliphatic rings. The topological polar surface area (TPSA) is 38.3 Å². The van der Waals surface area contributed by atoms with E-state index in [9.17, 15) is 4.79 Å². The second-order valence-corrected chi connectivity index (χ2v) is 5.95. The second kappa shape index (κ2) is 4.30. The molecule has 2 rings (SSSR count). The SMILES string of the molecule is Cc1cc(C)c([C@@H]2NC(=O)OCC2(C)C)c(C)c1. The molecule has 0 bridgehead atoms. The van der Waals surface area contributed by atoms with Gasteiger partial charge in [-0.2, -0.15) is 0 Å². The van der Waals surface area contributed by atoms with Crippen molar-refractivity contribution in [2.24, 2.45) is 5.41 Å². The number of ether oxygens (including phenoxy) is 1. The van der Waals surface area contributed by atoms with Crippen molar-refractivity contribution < 1.29 is 9.53 Å². The van der Waals surface area contributed by atoms with Crippen LogP contribution in [0.3, 0.4) is 0 Å². The summed E-state index contributed by atoms with van der Waals surface area (Å²) in [6.45, 7) is 11.0. The molecule has 0 unspecified atom stereocenters. The number of benzene rings is 1. The normalized spacial score (nSPS) is 22.3. The molecule has 3 nitrogen and oxygen atoms in total. The van der Waals surface area contributed by atoms with Crippen LogP contribution >= 0.6 is 0 Å². The molecule has 0 saturated carbocycles.